The molecule has 0 radical (unpaired) electrons. The van der Waals surface area contributed by atoms with Crippen molar-refractivity contribution in [1.82, 2.24) is 4.98 Å². The first-order chi connectivity index (χ1) is 9.06. The highest BCUT2D eigenvalue weighted by molar-refractivity contribution is 5.95. The zero-order valence-corrected chi connectivity index (χ0v) is 11.2. The number of amidine groups is 1. The third-order valence-corrected chi connectivity index (χ3v) is 2.98. The smallest absolute Gasteiger partial charge is 0.122 e. The number of nitrogen functional groups attached to an aromatic ring is 1. The molecule has 0 bridgehead atoms. The van der Waals surface area contributed by atoms with Crippen LogP contribution in [0.2, 0.25) is 0 Å². The number of pyridine rings is 1. The molecule has 0 unspecified atom stereocenters. The first-order valence-electron chi connectivity index (χ1n) is 6.13. The molecule has 2 aromatic rings. The summed E-state index contributed by atoms with van der Waals surface area (Å²) in [6, 6.07) is 11.8. The van der Waals surface area contributed by atoms with E-state index in [-0.39, 0.29) is 5.84 Å². The lowest BCUT2D eigenvalue weighted by Crippen LogP contribution is -2.17. The number of aryl methyl sites for hydroxylation is 1. The summed E-state index contributed by atoms with van der Waals surface area (Å²) in [6.07, 6.45) is 1.81. The standard InChI is InChI=1S/C15H18N4/c1-11-8-14(6-7-18-11)19(2)10-12-4-3-5-13(9-12)15(16)17/h3-9H,10H2,1-2H3,(H3,16,17). The summed E-state index contributed by atoms with van der Waals surface area (Å²) < 4.78 is 0. The molecule has 4 heteroatoms. The topological polar surface area (TPSA) is 66.0 Å². The molecule has 0 fully saturated rings. The average molecular weight is 254 g/mol. The van der Waals surface area contributed by atoms with E-state index in [0.29, 0.717) is 0 Å². The molecule has 4 nitrogen and oxygen atoms in total. The Labute approximate surface area is 113 Å². The van der Waals surface area contributed by atoms with E-state index in [0.717, 1.165) is 29.1 Å². The maximum atomic E-state index is 7.46. The Morgan fingerprint density at radius 3 is 2.79 bits per heavy atom. The molecule has 1 aromatic heterocycles. The average Bonchev–Trinajstić information content (AvgIpc) is 2.39. The van der Waals surface area contributed by atoms with Crippen LogP contribution < -0.4 is 10.6 Å². The van der Waals surface area contributed by atoms with Crippen molar-refractivity contribution in [3.8, 4) is 0 Å². The Hall–Kier alpha value is -2.36. The van der Waals surface area contributed by atoms with Gasteiger partial charge in [0.2, 0.25) is 0 Å². The van der Waals surface area contributed by atoms with E-state index in [1.165, 1.54) is 0 Å². The first kappa shape index (κ1) is 13.1. The van der Waals surface area contributed by atoms with Crippen molar-refractivity contribution in [2.45, 2.75) is 13.5 Å². The lowest BCUT2D eigenvalue weighted by atomic mass is 10.1. The summed E-state index contributed by atoms with van der Waals surface area (Å²) in [5.41, 5.74) is 9.52. The molecule has 0 saturated heterocycles. The molecule has 0 aliphatic heterocycles. The maximum Gasteiger partial charge on any atom is 0.122 e. The molecule has 0 saturated carbocycles. The summed E-state index contributed by atoms with van der Waals surface area (Å²) >= 11 is 0. The highest BCUT2D eigenvalue weighted by Gasteiger charge is 2.04. The number of benzene rings is 1. The molecular weight excluding hydrogens is 236 g/mol. The molecule has 19 heavy (non-hydrogen) atoms. The molecule has 0 atom stereocenters. The second-order valence-electron chi connectivity index (χ2n) is 4.63. The Bertz CT molecular complexity index is 592. The third kappa shape index (κ3) is 3.31. The van der Waals surface area contributed by atoms with Crippen LogP contribution in [0.5, 0.6) is 0 Å². The SMILES string of the molecule is Cc1cc(N(C)Cc2cccc(C(=N)N)c2)ccn1. The number of aromatic nitrogens is 1. The number of anilines is 1. The molecule has 0 amide bonds. The third-order valence-electron chi connectivity index (χ3n) is 2.98. The van der Waals surface area contributed by atoms with E-state index >= 15 is 0 Å². The summed E-state index contributed by atoms with van der Waals surface area (Å²) in [5.74, 6) is 0.101. The highest BCUT2D eigenvalue weighted by Crippen LogP contribution is 2.16. The van der Waals surface area contributed by atoms with Gasteiger partial charge in [-0.15, -0.1) is 0 Å². The fourth-order valence-electron chi connectivity index (χ4n) is 1.97. The number of nitrogens with two attached hydrogens (primary N) is 1. The summed E-state index contributed by atoms with van der Waals surface area (Å²) in [6.45, 7) is 2.75. The lowest BCUT2D eigenvalue weighted by molar-refractivity contribution is 0.918. The van der Waals surface area contributed by atoms with Gasteiger partial charge in [0.25, 0.3) is 0 Å². The van der Waals surface area contributed by atoms with Gasteiger partial charge in [0.1, 0.15) is 5.84 Å². The van der Waals surface area contributed by atoms with Gasteiger partial charge in [-0.2, -0.15) is 0 Å². The molecule has 1 aromatic carbocycles. The van der Waals surface area contributed by atoms with Gasteiger partial charge in [-0.25, -0.2) is 0 Å². The predicted octanol–water partition coefficient (Wildman–Crippen LogP) is 2.31. The number of rotatable bonds is 4. The minimum Gasteiger partial charge on any atom is -0.384 e. The Balaban J connectivity index is 2.17. The van der Waals surface area contributed by atoms with E-state index < -0.39 is 0 Å². The van der Waals surface area contributed by atoms with Crippen LogP contribution >= 0.6 is 0 Å². The van der Waals surface area contributed by atoms with Crippen LogP contribution in [0.3, 0.4) is 0 Å². The normalized spacial score (nSPS) is 10.2. The summed E-state index contributed by atoms with van der Waals surface area (Å²) in [7, 11) is 2.04. The molecule has 98 valence electrons. The fourth-order valence-corrected chi connectivity index (χ4v) is 1.97. The molecule has 0 aliphatic rings. The van der Waals surface area contributed by atoms with Gasteiger partial charge in [0.15, 0.2) is 0 Å². The van der Waals surface area contributed by atoms with Gasteiger partial charge in [-0.3, -0.25) is 10.4 Å². The summed E-state index contributed by atoms with van der Waals surface area (Å²) in [4.78, 5) is 6.34. The van der Waals surface area contributed by atoms with Gasteiger partial charge in [0, 0.05) is 36.7 Å². The number of hydrogen-bond donors (Lipinski definition) is 2. The molecule has 2 rings (SSSR count). The Morgan fingerprint density at radius 1 is 1.32 bits per heavy atom. The van der Waals surface area contributed by atoms with E-state index in [1.807, 2.05) is 50.5 Å². The van der Waals surface area contributed by atoms with Crippen LogP contribution in [0.15, 0.2) is 42.6 Å². The molecule has 3 N–H and O–H groups in total. The van der Waals surface area contributed by atoms with Crippen molar-refractivity contribution in [3.63, 3.8) is 0 Å². The number of hydrogen-bond acceptors (Lipinski definition) is 3. The molecule has 0 spiro atoms. The van der Waals surface area contributed by atoms with E-state index in [9.17, 15) is 0 Å². The second kappa shape index (κ2) is 5.52. The van der Waals surface area contributed by atoms with E-state index in [4.69, 9.17) is 11.1 Å². The van der Waals surface area contributed by atoms with Gasteiger partial charge in [0.05, 0.1) is 0 Å². The van der Waals surface area contributed by atoms with Gasteiger partial charge in [-0.1, -0.05) is 18.2 Å². The van der Waals surface area contributed by atoms with Crippen LogP contribution in [-0.4, -0.2) is 17.9 Å². The predicted molar refractivity (Wildman–Crippen MR) is 78.5 cm³/mol. The Kier molecular flexibility index (Phi) is 3.80. The van der Waals surface area contributed by atoms with Gasteiger partial charge < -0.3 is 10.6 Å². The van der Waals surface area contributed by atoms with Crippen molar-refractivity contribution in [3.05, 3.63) is 59.4 Å². The van der Waals surface area contributed by atoms with Crippen LogP contribution in [0.4, 0.5) is 5.69 Å². The second-order valence-corrected chi connectivity index (χ2v) is 4.63. The molecule has 1 heterocycles. The summed E-state index contributed by atoms with van der Waals surface area (Å²) in [5, 5.41) is 7.46. The maximum absolute atomic E-state index is 7.46. The lowest BCUT2D eigenvalue weighted by Gasteiger charge is -2.20. The van der Waals surface area contributed by atoms with Crippen molar-refractivity contribution >= 4 is 11.5 Å². The van der Waals surface area contributed by atoms with E-state index in [1.54, 1.807) is 0 Å². The highest BCUT2D eigenvalue weighted by atomic mass is 15.1. The van der Waals surface area contributed by atoms with Crippen LogP contribution in [0.25, 0.3) is 0 Å². The Morgan fingerprint density at radius 2 is 2.11 bits per heavy atom. The molecular formula is C15H18N4. The molecule has 0 aliphatic carbocycles. The van der Waals surface area contributed by atoms with Crippen LogP contribution in [0.1, 0.15) is 16.8 Å². The van der Waals surface area contributed by atoms with Crippen LogP contribution in [-0.2, 0) is 6.54 Å². The monoisotopic (exact) mass is 254 g/mol. The zero-order valence-electron chi connectivity index (χ0n) is 11.2. The van der Waals surface area contributed by atoms with Crippen molar-refractivity contribution in [2.24, 2.45) is 5.73 Å². The zero-order chi connectivity index (χ0) is 13.8. The number of nitrogens with zero attached hydrogens (tertiary/aromatic N) is 2. The quantitative estimate of drug-likeness (QED) is 0.650. The van der Waals surface area contributed by atoms with Crippen molar-refractivity contribution < 1.29 is 0 Å². The minimum atomic E-state index is 0.101. The van der Waals surface area contributed by atoms with Crippen LogP contribution in [0, 0.1) is 12.3 Å². The van der Waals surface area contributed by atoms with Gasteiger partial charge >= 0.3 is 0 Å². The number of nitrogens with one attached hydrogen (secondary N) is 1. The van der Waals surface area contributed by atoms with Crippen molar-refractivity contribution in [2.75, 3.05) is 11.9 Å². The minimum absolute atomic E-state index is 0.101. The van der Waals surface area contributed by atoms with Gasteiger partial charge in [-0.05, 0) is 30.7 Å². The largest absolute Gasteiger partial charge is 0.384 e. The first-order valence-corrected chi connectivity index (χ1v) is 6.13. The van der Waals surface area contributed by atoms with Crippen molar-refractivity contribution in [1.29, 1.82) is 5.41 Å². The fraction of sp³-hybridized carbons (Fsp3) is 0.200. The van der Waals surface area contributed by atoms with E-state index in [2.05, 4.69) is 16.0 Å².